The fourth-order valence-corrected chi connectivity index (χ4v) is 6.63. The van der Waals surface area contributed by atoms with Gasteiger partial charge in [0.15, 0.2) is 17.5 Å². The van der Waals surface area contributed by atoms with Crippen LogP contribution in [0.4, 0.5) is 0 Å². The van der Waals surface area contributed by atoms with E-state index in [2.05, 4.69) is 140 Å². The molecule has 2 aromatic heterocycles. The molecule has 0 unspecified atom stereocenters. The molecule has 3 nitrogen and oxygen atoms in total. The number of hydrogen-bond acceptors (Lipinski definition) is 4. The van der Waals surface area contributed by atoms with Gasteiger partial charge in [-0.2, -0.15) is 0 Å². The molecule has 0 amide bonds. The van der Waals surface area contributed by atoms with Gasteiger partial charge in [0.05, 0.1) is 0 Å². The number of aromatic nitrogens is 3. The molecule has 0 saturated carbocycles. The first-order valence-corrected chi connectivity index (χ1v) is 15.1. The highest BCUT2D eigenvalue weighted by Gasteiger charge is 2.15. The number of nitrogens with zero attached hydrogens (tertiary/aromatic N) is 3. The number of hydrogen-bond donors (Lipinski definition) is 0. The largest absolute Gasteiger partial charge is 0.208 e. The Morgan fingerprint density at radius 3 is 1.49 bits per heavy atom. The van der Waals surface area contributed by atoms with Crippen LogP contribution in [0.3, 0.4) is 0 Å². The molecule has 2 heterocycles. The second-order valence-corrected chi connectivity index (χ2v) is 11.6. The molecule has 4 heteroatoms. The first-order valence-electron chi connectivity index (χ1n) is 14.3. The average Bonchev–Trinajstić information content (AvgIpc) is 3.47. The molecule has 8 aromatic rings. The fourth-order valence-electron chi connectivity index (χ4n) is 5.54. The molecule has 202 valence electrons. The third-order valence-electron chi connectivity index (χ3n) is 7.75. The van der Waals surface area contributed by atoms with Crippen LogP contribution in [0, 0.1) is 0 Å². The van der Waals surface area contributed by atoms with Gasteiger partial charge in [-0.25, -0.2) is 15.0 Å². The van der Waals surface area contributed by atoms with Gasteiger partial charge in [0.2, 0.25) is 0 Å². The molecule has 8 rings (SSSR count). The molecular formula is C39H25N3S. The number of thiophene rings is 1. The van der Waals surface area contributed by atoms with Gasteiger partial charge < -0.3 is 0 Å². The summed E-state index contributed by atoms with van der Waals surface area (Å²) < 4.78 is 2.54. The summed E-state index contributed by atoms with van der Waals surface area (Å²) in [5.74, 6) is 1.97. The Bertz CT molecular complexity index is 2220. The van der Waals surface area contributed by atoms with E-state index in [0.717, 1.165) is 33.4 Å². The molecule has 0 bridgehead atoms. The number of rotatable bonds is 5. The van der Waals surface area contributed by atoms with Crippen molar-refractivity contribution in [3.63, 3.8) is 0 Å². The van der Waals surface area contributed by atoms with Crippen LogP contribution in [0.1, 0.15) is 0 Å². The molecular weight excluding hydrogens is 543 g/mol. The van der Waals surface area contributed by atoms with E-state index in [0.29, 0.717) is 17.5 Å². The molecule has 0 fully saturated rings. The lowest BCUT2D eigenvalue weighted by molar-refractivity contribution is 1.07. The van der Waals surface area contributed by atoms with Crippen molar-refractivity contribution in [2.24, 2.45) is 0 Å². The standard InChI is InChI=1S/C39H25N3S/c1-3-10-26(11-4-1)28-18-20-29(21-19-28)37-40-38(31-15-9-14-30(24-31)27-12-5-2-6-13-27)42-39(41-37)32-22-23-36-34(25-32)33-16-7-8-17-35(33)43-36/h1-25H. The number of benzene rings is 6. The van der Waals surface area contributed by atoms with Crippen LogP contribution in [-0.4, -0.2) is 15.0 Å². The van der Waals surface area contributed by atoms with Gasteiger partial charge in [0, 0.05) is 36.9 Å². The van der Waals surface area contributed by atoms with Gasteiger partial charge in [-0.1, -0.05) is 121 Å². The van der Waals surface area contributed by atoms with Gasteiger partial charge in [-0.05, 0) is 52.6 Å². The summed E-state index contributed by atoms with van der Waals surface area (Å²) in [4.78, 5) is 15.1. The Morgan fingerprint density at radius 1 is 0.302 bits per heavy atom. The van der Waals surface area contributed by atoms with Crippen molar-refractivity contribution in [1.29, 1.82) is 0 Å². The lowest BCUT2D eigenvalue weighted by Gasteiger charge is -2.10. The lowest BCUT2D eigenvalue weighted by atomic mass is 10.0. The summed E-state index contributed by atoms with van der Waals surface area (Å²) in [6.45, 7) is 0. The van der Waals surface area contributed by atoms with E-state index >= 15 is 0 Å². The van der Waals surface area contributed by atoms with E-state index in [1.165, 1.54) is 25.7 Å². The van der Waals surface area contributed by atoms with Crippen LogP contribution in [0.5, 0.6) is 0 Å². The predicted octanol–water partition coefficient (Wildman–Crippen LogP) is 10.6. The van der Waals surface area contributed by atoms with Crippen molar-refractivity contribution in [2.45, 2.75) is 0 Å². The Hall–Kier alpha value is -5.45. The molecule has 0 aliphatic rings. The molecule has 0 spiro atoms. The summed E-state index contributed by atoms with van der Waals surface area (Å²) in [6.07, 6.45) is 0. The smallest absolute Gasteiger partial charge is 0.164 e. The molecule has 43 heavy (non-hydrogen) atoms. The Kier molecular flexibility index (Phi) is 6.32. The molecule has 0 N–H and O–H groups in total. The van der Waals surface area contributed by atoms with Crippen LogP contribution >= 0.6 is 11.3 Å². The maximum Gasteiger partial charge on any atom is 0.164 e. The van der Waals surface area contributed by atoms with Crippen molar-refractivity contribution in [3.05, 3.63) is 152 Å². The van der Waals surface area contributed by atoms with Crippen molar-refractivity contribution in [2.75, 3.05) is 0 Å². The van der Waals surface area contributed by atoms with Gasteiger partial charge >= 0.3 is 0 Å². The quantitative estimate of drug-likeness (QED) is 0.208. The Morgan fingerprint density at radius 2 is 0.767 bits per heavy atom. The zero-order valence-corrected chi connectivity index (χ0v) is 24.0. The van der Waals surface area contributed by atoms with Crippen molar-refractivity contribution in [1.82, 2.24) is 15.0 Å². The van der Waals surface area contributed by atoms with E-state index in [1.807, 2.05) is 23.5 Å². The minimum Gasteiger partial charge on any atom is -0.208 e. The van der Waals surface area contributed by atoms with Crippen molar-refractivity contribution >= 4 is 31.5 Å². The molecule has 6 aromatic carbocycles. The Labute approximate surface area is 253 Å². The zero-order valence-electron chi connectivity index (χ0n) is 23.2. The molecule has 0 atom stereocenters. The Balaban J connectivity index is 1.28. The average molecular weight is 568 g/mol. The summed E-state index contributed by atoms with van der Waals surface area (Å²) in [6, 6.07) is 52.8. The highest BCUT2D eigenvalue weighted by atomic mass is 32.1. The minimum absolute atomic E-state index is 0.653. The maximum atomic E-state index is 5.05. The van der Waals surface area contributed by atoms with Gasteiger partial charge in [0.25, 0.3) is 0 Å². The van der Waals surface area contributed by atoms with Crippen molar-refractivity contribution in [3.8, 4) is 56.4 Å². The molecule has 0 aliphatic carbocycles. The SMILES string of the molecule is c1ccc(-c2ccc(-c3nc(-c4cccc(-c5ccccc5)c4)nc(-c4ccc5sc6ccccc6c5c4)n3)cc2)cc1. The van der Waals surface area contributed by atoms with E-state index in [9.17, 15) is 0 Å². The molecule has 0 saturated heterocycles. The first-order chi connectivity index (χ1) is 21.3. The maximum absolute atomic E-state index is 5.05. The topological polar surface area (TPSA) is 38.7 Å². The summed E-state index contributed by atoms with van der Waals surface area (Å²) in [5.41, 5.74) is 7.50. The molecule has 0 radical (unpaired) electrons. The second-order valence-electron chi connectivity index (χ2n) is 10.5. The summed E-state index contributed by atoms with van der Waals surface area (Å²) >= 11 is 1.81. The van der Waals surface area contributed by atoms with Gasteiger partial charge in [-0.3, -0.25) is 0 Å². The molecule has 0 aliphatic heterocycles. The van der Waals surface area contributed by atoms with Crippen LogP contribution in [0.15, 0.2) is 152 Å². The number of fused-ring (bicyclic) bond motifs is 3. The fraction of sp³-hybridized carbons (Fsp3) is 0. The minimum atomic E-state index is 0.653. The zero-order chi connectivity index (χ0) is 28.6. The third kappa shape index (κ3) is 4.88. The highest BCUT2D eigenvalue weighted by molar-refractivity contribution is 7.25. The van der Waals surface area contributed by atoms with E-state index in [1.54, 1.807) is 0 Å². The predicted molar refractivity (Wildman–Crippen MR) is 180 cm³/mol. The first kappa shape index (κ1) is 25.3. The van der Waals surface area contributed by atoms with Crippen LogP contribution in [-0.2, 0) is 0 Å². The van der Waals surface area contributed by atoms with Gasteiger partial charge in [0.1, 0.15) is 0 Å². The van der Waals surface area contributed by atoms with E-state index in [4.69, 9.17) is 15.0 Å². The van der Waals surface area contributed by atoms with Gasteiger partial charge in [-0.15, -0.1) is 11.3 Å². The van der Waals surface area contributed by atoms with E-state index < -0.39 is 0 Å². The lowest BCUT2D eigenvalue weighted by Crippen LogP contribution is -2.00. The highest BCUT2D eigenvalue weighted by Crippen LogP contribution is 2.36. The monoisotopic (exact) mass is 567 g/mol. The van der Waals surface area contributed by atoms with Crippen LogP contribution in [0.25, 0.3) is 76.6 Å². The van der Waals surface area contributed by atoms with Crippen LogP contribution in [0.2, 0.25) is 0 Å². The second kappa shape index (κ2) is 10.8. The summed E-state index contributed by atoms with van der Waals surface area (Å²) in [7, 11) is 0. The van der Waals surface area contributed by atoms with Crippen LogP contribution < -0.4 is 0 Å². The summed E-state index contributed by atoms with van der Waals surface area (Å²) in [5, 5.41) is 2.48. The normalized spacial score (nSPS) is 11.3. The van der Waals surface area contributed by atoms with E-state index in [-0.39, 0.29) is 0 Å². The van der Waals surface area contributed by atoms with Crippen molar-refractivity contribution < 1.29 is 0 Å². The third-order valence-corrected chi connectivity index (χ3v) is 8.90.